The van der Waals surface area contributed by atoms with Crippen LogP contribution in [-0.2, 0) is 16.7 Å². The Bertz CT molecular complexity index is 1040. The smallest absolute Gasteiger partial charge is 0.408 e. The monoisotopic (exact) mass is 434 g/mol. The number of carbonyl (C=O) groups is 1. The van der Waals surface area contributed by atoms with Crippen LogP contribution >= 0.6 is 0 Å². The molecule has 0 unspecified atom stereocenters. The second-order valence-electron chi connectivity index (χ2n) is 9.08. The Kier molecular flexibility index (Phi) is 5.33. The summed E-state index contributed by atoms with van der Waals surface area (Å²) in [5.41, 5.74) is 3.35. The van der Waals surface area contributed by atoms with Crippen LogP contribution in [0, 0.1) is 0 Å². The number of benzene rings is 2. The summed E-state index contributed by atoms with van der Waals surface area (Å²) in [5.74, 6) is 1.61. The van der Waals surface area contributed by atoms with Gasteiger partial charge < -0.3 is 24.4 Å². The van der Waals surface area contributed by atoms with Crippen LogP contribution < -0.4 is 14.8 Å². The van der Waals surface area contributed by atoms with E-state index in [9.17, 15) is 4.79 Å². The highest BCUT2D eigenvalue weighted by Crippen LogP contribution is 2.55. The molecule has 2 aliphatic heterocycles. The van der Waals surface area contributed by atoms with Crippen molar-refractivity contribution in [2.45, 2.75) is 50.0 Å². The number of methoxy groups -OCH3 is 1. The third-order valence-electron chi connectivity index (χ3n) is 7.02. The number of alkyl carbamates (subject to hydrolysis) is 1. The van der Waals surface area contributed by atoms with Crippen molar-refractivity contribution < 1.29 is 19.0 Å². The molecule has 2 aromatic rings. The molecule has 0 fully saturated rings. The van der Waals surface area contributed by atoms with Gasteiger partial charge in [0, 0.05) is 18.5 Å². The van der Waals surface area contributed by atoms with E-state index in [0.717, 1.165) is 36.6 Å². The van der Waals surface area contributed by atoms with Gasteiger partial charge in [0.1, 0.15) is 12.2 Å². The predicted octanol–water partition coefficient (Wildman–Crippen LogP) is 4.35. The number of nitrogens with one attached hydrogen (secondary N) is 1. The largest absolute Gasteiger partial charge is 0.493 e. The minimum Gasteiger partial charge on any atom is -0.493 e. The van der Waals surface area contributed by atoms with Crippen LogP contribution in [0.3, 0.4) is 0 Å². The van der Waals surface area contributed by atoms with E-state index in [1.807, 2.05) is 49.4 Å². The lowest BCUT2D eigenvalue weighted by atomic mass is 9.69. The van der Waals surface area contributed by atoms with Gasteiger partial charge in [-0.15, -0.1) is 0 Å². The fourth-order valence-electron chi connectivity index (χ4n) is 5.33. The number of nitrogens with zero attached hydrogens (tertiary/aromatic N) is 1. The van der Waals surface area contributed by atoms with Gasteiger partial charge in [-0.2, -0.15) is 0 Å². The summed E-state index contributed by atoms with van der Waals surface area (Å²) in [5, 5.41) is 2.94. The molecule has 0 aromatic heterocycles. The van der Waals surface area contributed by atoms with Crippen molar-refractivity contribution in [1.29, 1.82) is 0 Å². The molecule has 1 spiro atoms. The van der Waals surface area contributed by atoms with Gasteiger partial charge in [0.25, 0.3) is 0 Å². The van der Waals surface area contributed by atoms with Gasteiger partial charge in [-0.1, -0.05) is 42.5 Å². The van der Waals surface area contributed by atoms with Gasteiger partial charge in [0.2, 0.25) is 0 Å². The van der Waals surface area contributed by atoms with Gasteiger partial charge in [-0.3, -0.25) is 0 Å². The minimum atomic E-state index is -0.415. The van der Waals surface area contributed by atoms with E-state index in [2.05, 4.69) is 29.4 Å². The van der Waals surface area contributed by atoms with Crippen LogP contribution in [0.25, 0.3) is 0 Å². The van der Waals surface area contributed by atoms with Gasteiger partial charge >= 0.3 is 6.09 Å². The first kappa shape index (κ1) is 20.9. The molecule has 1 N–H and O–H groups in total. The maximum atomic E-state index is 12.6. The molecule has 6 nitrogen and oxygen atoms in total. The Morgan fingerprint density at radius 2 is 2.06 bits per heavy atom. The van der Waals surface area contributed by atoms with E-state index < -0.39 is 6.09 Å². The second-order valence-corrected chi connectivity index (χ2v) is 9.08. The molecule has 4 atom stereocenters. The molecule has 1 aliphatic carbocycles. The van der Waals surface area contributed by atoms with E-state index in [1.54, 1.807) is 7.11 Å². The average molecular weight is 435 g/mol. The molecule has 2 aromatic carbocycles. The van der Waals surface area contributed by atoms with E-state index in [-0.39, 0.29) is 23.7 Å². The van der Waals surface area contributed by atoms with Gasteiger partial charge in [-0.05, 0) is 50.2 Å². The fraction of sp³-hybridized carbons (Fsp3) is 0.423. The van der Waals surface area contributed by atoms with Crippen LogP contribution in [0.5, 0.6) is 11.5 Å². The molecule has 0 bridgehead atoms. The molecule has 3 aliphatic rings. The highest BCUT2D eigenvalue weighted by Gasteiger charge is 2.53. The lowest BCUT2D eigenvalue weighted by molar-refractivity contribution is 0.0594. The first-order valence-electron chi connectivity index (χ1n) is 11.3. The second kappa shape index (κ2) is 8.17. The van der Waals surface area contributed by atoms with Crippen LogP contribution in [0.2, 0.25) is 0 Å². The Balaban J connectivity index is 1.36. The standard InChI is InChI=1S/C26H30N2O4/c1-17(18-7-5-4-6-8-18)27-25(29)31-20-11-12-26-13-14-28(2)16-19-9-10-21(30-3)24(23(19)26)32-22(26)15-20/h4-12,17,20,22H,13-16H2,1-3H3,(H,27,29)/t17-,20-,22+,26+/m1/s1. The third-order valence-corrected chi connectivity index (χ3v) is 7.02. The van der Waals surface area contributed by atoms with Crippen molar-refractivity contribution in [2.24, 2.45) is 0 Å². The number of hydrogen-bond acceptors (Lipinski definition) is 5. The zero-order valence-electron chi connectivity index (χ0n) is 18.8. The van der Waals surface area contributed by atoms with E-state index in [4.69, 9.17) is 14.2 Å². The highest BCUT2D eigenvalue weighted by molar-refractivity contribution is 5.68. The minimum absolute atomic E-state index is 0.0894. The zero-order valence-corrected chi connectivity index (χ0v) is 18.8. The molecule has 1 amide bonds. The van der Waals surface area contributed by atoms with Crippen molar-refractivity contribution in [3.8, 4) is 11.5 Å². The van der Waals surface area contributed by atoms with Crippen molar-refractivity contribution in [1.82, 2.24) is 10.2 Å². The molecular formula is C26H30N2O4. The third kappa shape index (κ3) is 3.52. The highest BCUT2D eigenvalue weighted by atomic mass is 16.6. The van der Waals surface area contributed by atoms with Crippen molar-refractivity contribution in [3.05, 3.63) is 71.3 Å². The van der Waals surface area contributed by atoms with Crippen molar-refractivity contribution in [2.75, 3.05) is 20.7 Å². The Morgan fingerprint density at radius 1 is 1.25 bits per heavy atom. The topological polar surface area (TPSA) is 60.0 Å². The Labute approximate surface area is 189 Å². The number of amides is 1. The van der Waals surface area contributed by atoms with E-state index in [0.29, 0.717) is 6.42 Å². The summed E-state index contributed by atoms with van der Waals surface area (Å²) in [4.78, 5) is 14.9. The SMILES string of the molecule is COc1ccc2c3c1O[C@H]1C[C@H](OC(=O)N[C@H](C)c4ccccc4)C=C[C@@]31CCN(C)C2. The number of rotatable bonds is 4. The predicted molar refractivity (Wildman–Crippen MR) is 122 cm³/mol. The molecule has 5 rings (SSSR count). The summed E-state index contributed by atoms with van der Waals surface area (Å²) in [6.45, 7) is 3.81. The molecular weight excluding hydrogens is 404 g/mol. The summed E-state index contributed by atoms with van der Waals surface area (Å²) in [6.07, 6.45) is 4.99. The Morgan fingerprint density at radius 3 is 2.84 bits per heavy atom. The molecule has 0 saturated heterocycles. The summed E-state index contributed by atoms with van der Waals surface area (Å²) in [7, 11) is 3.83. The maximum Gasteiger partial charge on any atom is 0.408 e. The lowest BCUT2D eigenvalue weighted by Gasteiger charge is -2.36. The van der Waals surface area contributed by atoms with Crippen LogP contribution in [0.1, 0.15) is 42.5 Å². The summed E-state index contributed by atoms with van der Waals surface area (Å²) in [6, 6.07) is 13.9. The normalized spacial score (nSPS) is 26.8. The number of ether oxygens (including phenoxy) is 3. The van der Waals surface area contributed by atoms with Crippen molar-refractivity contribution in [3.63, 3.8) is 0 Å². The van der Waals surface area contributed by atoms with Crippen molar-refractivity contribution >= 4 is 6.09 Å². The molecule has 32 heavy (non-hydrogen) atoms. The summed E-state index contributed by atoms with van der Waals surface area (Å²) >= 11 is 0. The molecule has 2 heterocycles. The average Bonchev–Trinajstić information content (AvgIpc) is 3.05. The first-order chi connectivity index (χ1) is 15.5. The van der Waals surface area contributed by atoms with Gasteiger partial charge in [-0.25, -0.2) is 4.79 Å². The molecule has 6 heteroatoms. The lowest BCUT2D eigenvalue weighted by Crippen LogP contribution is -2.44. The molecule has 168 valence electrons. The zero-order chi connectivity index (χ0) is 22.3. The number of carbonyl (C=O) groups excluding carboxylic acids is 1. The maximum absolute atomic E-state index is 12.6. The van der Waals surface area contributed by atoms with Crippen LogP contribution in [0.15, 0.2) is 54.6 Å². The van der Waals surface area contributed by atoms with Crippen LogP contribution in [-0.4, -0.2) is 43.9 Å². The Hall–Kier alpha value is -2.99. The molecule has 0 saturated carbocycles. The number of hydrogen-bond donors (Lipinski definition) is 1. The fourth-order valence-corrected chi connectivity index (χ4v) is 5.33. The summed E-state index contributed by atoms with van der Waals surface area (Å²) < 4.78 is 17.9. The van der Waals surface area contributed by atoms with E-state index in [1.165, 1.54) is 11.1 Å². The quantitative estimate of drug-likeness (QED) is 0.726. The first-order valence-corrected chi connectivity index (χ1v) is 11.3. The van der Waals surface area contributed by atoms with Gasteiger partial charge in [0.15, 0.2) is 11.5 Å². The van der Waals surface area contributed by atoms with E-state index >= 15 is 0 Å². The molecule has 0 radical (unpaired) electrons. The van der Waals surface area contributed by atoms with Gasteiger partial charge in [0.05, 0.1) is 18.6 Å². The van der Waals surface area contributed by atoms with Crippen LogP contribution in [0.4, 0.5) is 4.79 Å².